The molecule has 0 bridgehead atoms. The van der Waals surface area contributed by atoms with Crippen LogP contribution in [0.25, 0.3) is 0 Å². The van der Waals surface area contributed by atoms with Crippen LogP contribution in [0, 0.1) is 12.7 Å². The number of hydrogen-bond acceptors (Lipinski definition) is 3. The molecule has 5 heteroatoms. The maximum Gasteiger partial charge on any atom is 0.255 e. The Morgan fingerprint density at radius 3 is 2.78 bits per heavy atom. The number of anilines is 2. The zero-order chi connectivity index (χ0) is 13.1. The van der Waals surface area contributed by atoms with Crippen molar-refractivity contribution in [3.05, 3.63) is 53.5 Å². The topological polar surface area (TPSA) is 68.0 Å². The number of aromatic nitrogens is 1. The van der Waals surface area contributed by atoms with Gasteiger partial charge >= 0.3 is 0 Å². The van der Waals surface area contributed by atoms with Gasteiger partial charge in [0.1, 0.15) is 11.6 Å². The van der Waals surface area contributed by atoms with E-state index >= 15 is 0 Å². The lowest BCUT2D eigenvalue weighted by Gasteiger charge is -2.06. The molecular weight excluding hydrogens is 233 g/mol. The monoisotopic (exact) mass is 245 g/mol. The molecule has 4 nitrogen and oxygen atoms in total. The molecule has 0 fully saturated rings. The SMILES string of the molecule is Cc1ccc(NC(=O)c2ccnc(N)c2)cc1F. The van der Waals surface area contributed by atoms with E-state index in [9.17, 15) is 9.18 Å². The number of amides is 1. The van der Waals surface area contributed by atoms with Crippen molar-refractivity contribution < 1.29 is 9.18 Å². The Kier molecular flexibility index (Phi) is 3.23. The van der Waals surface area contributed by atoms with Crippen molar-refractivity contribution in [2.45, 2.75) is 6.92 Å². The first-order valence-electron chi connectivity index (χ1n) is 5.35. The summed E-state index contributed by atoms with van der Waals surface area (Å²) in [5, 5.41) is 2.59. The third-order valence-electron chi connectivity index (χ3n) is 2.47. The van der Waals surface area contributed by atoms with Crippen molar-refractivity contribution in [1.29, 1.82) is 0 Å². The highest BCUT2D eigenvalue weighted by Gasteiger charge is 2.07. The quantitative estimate of drug-likeness (QED) is 0.853. The van der Waals surface area contributed by atoms with Crippen molar-refractivity contribution in [3.8, 4) is 0 Å². The number of nitrogens with zero attached hydrogens (tertiary/aromatic N) is 1. The molecule has 0 aliphatic rings. The normalized spacial score (nSPS) is 10.1. The summed E-state index contributed by atoms with van der Waals surface area (Å²) in [6.45, 7) is 1.66. The van der Waals surface area contributed by atoms with Crippen molar-refractivity contribution in [2.24, 2.45) is 0 Å². The molecule has 0 atom stereocenters. The first-order chi connectivity index (χ1) is 8.56. The third kappa shape index (κ3) is 2.63. The molecule has 1 aromatic heterocycles. The van der Waals surface area contributed by atoms with Crippen LogP contribution >= 0.6 is 0 Å². The summed E-state index contributed by atoms with van der Waals surface area (Å²) in [5.74, 6) is -0.452. The summed E-state index contributed by atoms with van der Waals surface area (Å²) in [5.41, 5.74) is 6.79. The summed E-state index contributed by atoms with van der Waals surface area (Å²) in [6, 6.07) is 7.51. The molecule has 1 amide bonds. The van der Waals surface area contributed by atoms with Gasteiger partial charge in [-0.1, -0.05) is 6.07 Å². The minimum absolute atomic E-state index is 0.262. The summed E-state index contributed by atoms with van der Waals surface area (Å²) >= 11 is 0. The van der Waals surface area contributed by atoms with Crippen molar-refractivity contribution in [3.63, 3.8) is 0 Å². The number of rotatable bonds is 2. The van der Waals surface area contributed by atoms with E-state index in [0.29, 0.717) is 16.8 Å². The Bertz CT molecular complexity index is 599. The fourth-order valence-electron chi connectivity index (χ4n) is 1.46. The van der Waals surface area contributed by atoms with Gasteiger partial charge in [0, 0.05) is 17.4 Å². The number of halogens is 1. The average Bonchev–Trinajstić information content (AvgIpc) is 2.34. The highest BCUT2D eigenvalue weighted by molar-refractivity contribution is 6.04. The smallest absolute Gasteiger partial charge is 0.255 e. The number of pyridine rings is 1. The van der Waals surface area contributed by atoms with E-state index in [1.54, 1.807) is 19.1 Å². The molecule has 0 saturated carbocycles. The van der Waals surface area contributed by atoms with Crippen molar-refractivity contribution in [1.82, 2.24) is 4.98 Å². The Labute approximate surface area is 104 Å². The minimum atomic E-state index is -0.359. The molecule has 1 aromatic carbocycles. The molecule has 0 aliphatic heterocycles. The first-order valence-corrected chi connectivity index (χ1v) is 5.35. The lowest BCUT2D eigenvalue weighted by atomic mass is 10.2. The summed E-state index contributed by atoms with van der Waals surface area (Å²) in [4.78, 5) is 15.6. The van der Waals surface area contributed by atoms with Crippen LogP contribution in [0.3, 0.4) is 0 Å². The van der Waals surface area contributed by atoms with E-state index in [-0.39, 0.29) is 17.5 Å². The Balaban J connectivity index is 2.18. The van der Waals surface area contributed by atoms with Gasteiger partial charge in [-0.05, 0) is 36.8 Å². The van der Waals surface area contributed by atoms with Crippen molar-refractivity contribution in [2.75, 3.05) is 11.1 Å². The van der Waals surface area contributed by atoms with E-state index in [2.05, 4.69) is 10.3 Å². The Morgan fingerprint density at radius 1 is 1.33 bits per heavy atom. The summed E-state index contributed by atoms with van der Waals surface area (Å²) in [7, 11) is 0. The standard InChI is InChI=1S/C13H12FN3O/c1-8-2-3-10(7-11(8)14)17-13(18)9-4-5-16-12(15)6-9/h2-7H,1H3,(H2,15,16)(H,17,18). The maximum atomic E-state index is 13.3. The molecule has 0 radical (unpaired) electrons. The average molecular weight is 245 g/mol. The summed E-state index contributed by atoms with van der Waals surface area (Å²) in [6.07, 6.45) is 1.44. The molecular formula is C13H12FN3O. The highest BCUT2D eigenvalue weighted by atomic mass is 19.1. The lowest BCUT2D eigenvalue weighted by Crippen LogP contribution is -2.12. The Hall–Kier alpha value is -2.43. The molecule has 0 aliphatic carbocycles. The van der Waals surface area contributed by atoms with Crippen LogP contribution < -0.4 is 11.1 Å². The molecule has 2 aromatic rings. The largest absolute Gasteiger partial charge is 0.384 e. The van der Waals surface area contributed by atoms with Crippen LogP contribution in [0.5, 0.6) is 0 Å². The number of hydrogen-bond donors (Lipinski definition) is 2. The second-order valence-electron chi connectivity index (χ2n) is 3.89. The van der Waals surface area contributed by atoms with Gasteiger partial charge in [0.05, 0.1) is 0 Å². The number of nitrogens with one attached hydrogen (secondary N) is 1. The van der Waals surface area contributed by atoms with E-state index < -0.39 is 0 Å². The van der Waals surface area contributed by atoms with Gasteiger partial charge in [-0.2, -0.15) is 0 Å². The lowest BCUT2D eigenvalue weighted by molar-refractivity contribution is 0.102. The van der Waals surface area contributed by atoms with Gasteiger partial charge in [-0.25, -0.2) is 9.37 Å². The number of aryl methyl sites for hydroxylation is 1. The number of carbonyl (C=O) groups excluding carboxylic acids is 1. The molecule has 0 unspecified atom stereocenters. The molecule has 92 valence electrons. The van der Waals surface area contributed by atoms with Crippen molar-refractivity contribution >= 4 is 17.4 Å². The van der Waals surface area contributed by atoms with Gasteiger partial charge in [0.2, 0.25) is 0 Å². The van der Waals surface area contributed by atoms with E-state index in [1.165, 1.54) is 24.4 Å². The first kappa shape index (κ1) is 12.0. The predicted molar refractivity (Wildman–Crippen MR) is 67.7 cm³/mol. The molecule has 1 heterocycles. The van der Waals surface area contributed by atoms with Crippen LogP contribution in [0.1, 0.15) is 15.9 Å². The van der Waals surface area contributed by atoms with Crippen LogP contribution in [0.2, 0.25) is 0 Å². The Morgan fingerprint density at radius 2 is 2.11 bits per heavy atom. The van der Waals surface area contributed by atoms with Crippen LogP contribution in [-0.4, -0.2) is 10.9 Å². The molecule has 2 rings (SSSR count). The fraction of sp³-hybridized carbons (Fsp3) is 0.0769. The second kappa shape index (κ2) is 4.83. The van der Waals surface area contributed by atoms with Gasteiger partial charge in [0.15, 0.2) is 0 Å². The number of benzene rings is 1. The van der Waals surface area contributed by atoms with E-state index in [1.807, 2.05) is 0 Å². The number of carbonyl (C=O) groups is 1. The van der Waals surface area contributed by atoms with Gasteiger partial charge in [0.25, 0.3) is 5.91 Å². The third-order valence-corrected chi connectivity index (χ3v) is 2.47. The second-order valence-corrected chi connectivity index (χ2v) is 3.89. The molecule has 0 spiro atoms. The zero-order valence-electron chi connectivity index (χ0n) is 9.77. The van der Waals surface area contributed by atoms with Gasteiger partial charge in [-0.15, -0.1) is 0 Å². The van der Waals surface area contributed by atoms with E-state index in [0.717, 1.165) is 0 Å². The molecule has 18 heavy (non-hydrogen) atoms. The predicted octanol–water partition coefficient (Wildman–Crippen LogP) is 2.36. The zero-order valence-corrected chi connectivity index (χ0v) is 9.77. The maximum absolute atomic E-state index is 13.3. The van der Waals surface area contributed by atoms with Gasteiger partial charge < -0.3 is 11.1 Å². The summed E-state index contributed by atoms with van der Waals surface area (Å²) < 4.78 is 13.3. The molecule has 3 N–H and O–H groups in total. The van der Waals surface area contributed by atoms with E-state index in [4.69, 9.17) is 5.73 Å². The highest BCUT2D eigenvalue weighted by Crippen LogP contribution is 2.15. The fourth-order valence-corrected chi connectivity index (χ4v) is 1.46. The van der Waals surface area contributed by atoms with Gasteiger partial charge in [-0.3, -0.25) is 4.79 Å². The molecule has 0 saturated heterocycles. The van der Waals surface area contributed by atoms with Crippen LogP contribution in [0.4, 0.5) is 15.9 Å². The van der Waals surface area contributed by atoms with Crippen LogP contribution in [0.15, 0.2) is 36.5 Å². The number of nitrogens with two attached hydrogens (primary N) is 1. The van der Waals surface area contributed by atoms with Crippen LogP contribution in [-0.2, 0) is 0 Å². The minimum Gasteiger partial charge on any atom is -0.384 e. The number of nitrogen functional groups attached to an aromatic ring is 1.